The SMILES string of the molecule is Cc1[nH]c2c(C(N)=O)cc(F)c(-c3ccc4c(c3)CCNC4)c2c1C. The number of hydrogen-bond acceptors (Lipinski definition) is 2. The summed E-state index contributed by atoms with van der Waals surface area (Å²) in [5.41, 5.74) is 12.0. The maximum absolute atomic E-state index is 15.0. The van der Waals surface area contributed by atoms with Crippen molar-refractivity contribution in [1.29, 1.82) is 0 Å². The van der Waals surface area contributed by atoms with Gasteiger partial charge in [-0.05, 0) is 55.1 Å². The summed E-state index contributed by atoms with van der Waals surface area (Å²) in [6.45, 7) is 5.62. The van der Waals surface area contributed by atoms with Crippen molar-refractivity contribution in [3.8, 4) is 11.1 Å². The summed E-state index contributed by atoms with van der Waals surface area (Å²) in [7, 11) is 0. The third-order valence-electron chi connectivity index (χ3n) is 5.18. The average Bonchev–Trinajstić information content (AvgIpc) is 2.89. The molecule has 4 N–H and O–H groups in total. The highest BCUT2D eigenvalue weighted by molar-refractivity contribution is 6.10. The van der Waals surface area contributed by atoms with E-state index in [1.165, 1.54) is 17.2 Å². The van der Waals surface area contributed by atoms with Crippen LogP contribution in [0.1, 0.15) is 32.7 Å². The highest BCUT2D eigenvalue weighted by Crippen LogP contribution is 2.37. The Kier molecular flexibility index (Phi) is 3.62. The molecule has 1 aliphatic rings. The fraction of sp³-hybridized carbons (Fsp3) is 0.250. The molecule has 0 aliphatic carbocycles. The van der Waals surface area contributed by atoms with Crippen LogP contribution >= 0.6 is 0 Å². The molecule has 2 aromatic carbocycles. The third-order valence-corrected chi connectivity index (χ3v) is 5.18. The molecule has 0 spiro atoms. The average molecular weight is 337 g/mol. The van der Waals surface area contributed by atoms with Crippen molar-refractivity contribution in [1.82, 2.24) is 10.3 Å². The minimum Gasteiger partial charge on any atom is -0.366 e. The van der Waals surface area contributed by atoms with Gasteiger partial charge in [0.2, 0.25) is 0 Å². The number of amides is 1. The fourth-order valence-electron chi connectivity index (χ4n) is 3.73. The normalized spacial score (nSPS) is 13.9. The van der Waals surface area contributed by atoms with Crippen molar-refractivity contribution in [3.05, 3.63) is 58.0 Å². The summed E-state index contributed by atoms with van der Waals surface area (Å²) < 4.78 is 15.0. The number of nitrogens with two attached hydrogens (primary N) is 1. The minimum absolute atomic E-state index is 0.189. The van der Waals surface area contributed by atoms with Crippen LogP contribution in [0.5, 0.6) is 0 Å². The lowest BCUT2D eigenvalue weighted by Gasteiger charge is -2.18. The van der Waals surface area contributed by atoms with Gasteiger partial charge in [0.05, 0.1) is 11.1 Å². The van der Waals surface area contributed by atoms with Gasteiger partial charge in [-0.25, -0.2) is 4.39 Å². The van der Waals surface area contributed by atoms with Crippen LogP contribution in [-0.2, 0) is 13.0 Å². The standard InChI is InChI=1S/C20H20FN3O/c1-10-11(2)24-19-15(20(22)25)8-16(21)18(17(10)19)13-3-4-14-9-23-6-5-12(14)7-13/h3-4,7-8,23-24H,5-6,9H2,1-2H3,(H2,22,25). The molecule has 4 nitrogen and oxygen atoms in total. The Bertz CT molecular complexity index is 1020. The van der Waals surface area contributed by atoms with Gasteiger partial charge in [-0.2, -0.15) is 0 Å². The predicted octanol–water partition coefficient (Wildman–Crippen LogP) is 3.34. The highest BCUT2D eigenvalue weighted by atomic mass is 19.1. The monoisotopic (exact) mass is 337 g/mol. The number of aryl methyl sites for hydroxylation is 2. The molecule has 0 atom stereocenters. The number of carbonyl (C=O) groups excluding carboxylic acids is 1. The number of rotatable bonds is 2. The number of benzene rings is 2. The lowest BCUT2D eigenvalue weighted by molar-refractivity contribution is 0.100. The quantitative estimate of drug-likeness (QED) is 0.671. The van der Waals surface area contributed by atoms with Gasteiger partial charge in [-0.15, -0.1) is 0 Å². The topological polar surface area (TPSA) is 70.9 Å². The second kappa shape index (κ2) is 5.70. The molecule has 128 valence electrons. The largest absolute Gasteiger partial charge is 0.366 e. The van der Waals surface area contributed by atoms with Crippen molar-refractivity contribution in [2.45, 2.75) is 26.8 Å². The lowest BCUT2D eigenvalue weighted by atomic mass is 9.91. The number of aromatic amines is 1. The molecule has 5 heteroatoms. The fourth-order valence-corrected chi connectivity index (χ4v) is 3.73. The van der Waals surface area contributed by atoms with Gasteiger partial charge in [0, 0.05) is 23.2 Å². The third kappa shape index (κ3) is 2.43. The summed E-state index contributed by atoms with van der Waals surface area (Å²) in [5.74, 6) is -1.05. The molecule has 2 heterocycles. The maximum atomic E-state index is 15.0. The molecule has 1 amide bonds. The van der Waals surface area contributed by atoms with Gasteiger partial charge in [-0.1, -0.05) is 18.2 Å². The Labute approximate surface area is 145 Å². The van der Waals surface area contributed by atoms with Crippen LogP contribution in [0.3, 0.4) is 0 Å². The summed E-state index contributed by atoms with van der Waals surface area (Å²) in [6.07, 6.45) is 0.929. The van der Waals surface area contributed by atoms with Crippen LogP contribution in [0.2, 0.25) is 0 Å². The van der Waals surface area contributed by atoms with Crippen molar-refractivity contribution in [2.24, 2.45) is 5.73 Å². The van der Waals surface area contributed by atoms with E-state index >= 15 is 4.39 Å². The van der Waals surface area contributed by atoms with Crippen LogP contribution in [-0.4, -0.2) is 17.4 Å². The Morgan fingerprint density at radius 1 is 1.20 bits per heavy atom. The first-order chi connectivity index (χ1) is 12.0. The second-order valence-electron chi connectivity index (χ2n) is 6.68. The van der Waals surface area contributed by atoms with Crippen LogP contribution in [0.4, 0.5) is 4.39 Å². The van der Waals surface area contributed by atoms with Crippen molar-refractivity contribution < 1.29 is 9.18 Å². The van der Waals surface area contributed by atoms with E-state index in [0.29, 0.717) is 11.1 Å². The number of halogens is 1. The van der Waals surface area contributed by atoms with Crippen molar-refractivity contribution in [3.63, 3.8) is 0 Å². The number of fused-ring (bicyclic) bond motifs is 2. The lowest BCUT2D eigenvalue weighted by Crippen LogP contribution is -2.23. The molecule has 25 heavy (non-hydrogen) atoms. The predicted molar refractivity (Wildman–Crippen MR) is 97.1 cm³/mol. The minimum atomic E-state index is -0.631. The molecular formula is C20H20FN3O. The second-order valence-corrected chi connectivity index (χ2v) is 6.68. The molecule has 1 aliphatic heterocycles. The maximum Gasteiger partial charge on any atom is 0.250 e. The van der Waals surface area contributed by atoms with Gasteiger partial charge in [0.25, 0.3) is 5.91 Å². The van der Waals surface area contributed by atoms with Crippen molar-refractivity contribution >= 4 is 16.8 Å². The van der Waals surface area contributed by atoms with E-state index < -0.39 is 11.7 Å². The molecule has 0 unspecified atom stereocenters. The highest BCUT2D eigenvalue weighted by Gasteiger charge is 2.21. The van der Waals surface area contributed by atoms with Crippen LogP contribution < -0.4 is 11.1 Å². The Balaban J connectivity index is 2.04. The van der Waals surface area contributed by atoms with Crippen LogP contribution in [0, 0.1) is 19.7 Å². The molecular weight excluding hydrogens is 317 g/mol. The van der Waals surface area contributed by atoms with Gasteiger partial charge in [0.1, 0.15) is 5.82 Å². The first kappa shape index (κ1) is 15.8. The van der Waals surface area contributed by atoms with Gasteiger partial charge in [-0.3, -0.25) is 4.79 Å². The molecule has 3 aromatic rings. The zero-order valence-corrected chi connectivity index (χ0v) is 14.3. The van der Waals surface area contributed by atoms with Gasteiger partial charge < -0.3 is 16.0 Å². The first-order valence-corrected chi connectivity index (χ1v) is 8.41. The van der Waals surface area contributed by atoms with E-state index in [-0.39, 0.29) is 5.56 Å². The van der Waals surface area contributed by atoms with E-state index in [9.17, 15) is 4.79 Å². The zero-order valence-electron chi connectivity index (χ0n) is 14.3. The van der Waals surface area contributed by atoms with E-state index in [4.69, 9.17) is 5.73 Å². The van der Waals surface area contributed by atoms with Crippen LogP contribution in [0.15, 0.2) is 24.3 Å². The summed E-state index contributed by atoms with van der Waals surface area (Å²) in [6, 6.07) is 7.32. The molecule has 0 radical (unpaired) electrons. The number of hydrogen-bond donors (Lipinski definition) is 3. The number of carbonyl (C=O) groups is 1. The number of aromatic nitrogens is 1. The Hall–Kier alpha value is -2.66. The Morgan fingerprint density at radius 2 is 2.00 bits per heavy atom. The van der Waals surface area contributed by atoms with Crippen molar-refractivity contribution in [2.75, 3.05) is 6.54 Å². The van der Waals surface area contributed by atoms with E-state index in [2.05, 4.69) is 22.4 Å². The molecule has 0 bridgehead atoms. The molecule has 0 saturated carbocycles. The molecule has 4 rings (SSSR count). The summed E-state index contributed by atoms with van der Waals surface area (Å²) in [5, 5.41) is 4.08. The van der Waals surface area contributed by atoms with Gasteiger partial charge >= 0.3 is 0 Å². The zero-order chi connectivity index (χ0) is 17.7. The van der Waals surface area contributed by atoms with Gasteiger partial charge in [0.15, 0.2) is 0 Å². The number of nitrogens with one attached hydrogen (secondary N) is 2. The number of H-pyrrole nitrogens is 1. The Morgan fingerprint density at radius 3 is 2.76 bits per heavy atom. The molecule has 0 fully saturated rings. The smallest absolute Gasteiger partial charge is 0.250 e. The summed E-state index contributed by atoms with van der Waals surface area (Å²) in [4.78, 5) is 15.0. The molecule has 0 saturated heterocycles. The van der Waals surface area contributed by atoms with Crippen LogP contribution in [0.25, 0.3) is 22.0 Å². The van der Waals surface area contributed by atoms with E-state index in [0.717, 1.165) is 41.7 Å². The van der Waals surface area contributed by atoms with E-state index in [1.54, 1.807) is 0 Å². The first-order valence-electron chi connectivity index (χ1n) is 8.41. The number of primary amides is 1. The molecule has 1 aromatic heterocycles. The summed E-state index contributed by atoms with van der Waals surface area (Å²) >= 11 is 0. The van der Waals surface area contributed by atoms with E-state index in [1.807, 2.05) is 19.9 Å².